The lowest BCUT2D eigenvalue weighted by Crippen LogP contribution is -2.15. The number of aliphatic hydroxyl groups excluding tert-OH is 4. The molecule has 536 valence electrons. The van der Waals surface area contributed by atoms with Crippen molar-refractivity contribution >= 4 is 60.4 Å². The highest BCUT2D eigenvalue weighted by Gasteiger charge is 2.31. The van der Waals surface area contributed by atoms with E-state index in [-0.39, 0.29) is 86.2 Å². The van der Waals surface area contributed by atoms with Crippen molar-refractivity contribution in [2.75, 3.05) is 46.2 Å². The smallest absolute Gasteiger partial charge is 0.344 e. The van der Waals surface area contributed by atoms with E-state index in [1.165, 1.54) is 60.7 Å². The van der Waals surface area contributed by atoms with Crippen LogP contribution in [0.15, 0.2) is 115 Å². The number of aromatic hydroxyl groups is 6. The predicted molar refractivity (Wildman–Crippen MR) is 353 cm³/mol. The Morgan fingerprint density at radius 3 is 1.31 bits per heavy atom. The molecule has 30 heteroatoms. The van der Waals surface area contributed by atoms with Crippen LogP contribution in [0.5, 0.6) is 80.5 Å². The third kappa shape index (κ3) is 23.3. The molecule has 0 saturated heterocycles. The minimum Gasteiger partial charge on any atom is -0.504 e. The summed E-state index contributed by atoms with van der Waals surface area (Å²) in [6.45, 7) is 14.9. The molecule has 8 rings (SSSR count). The summed E-state index contributed by atoms with van der Waals surface area (Å²) in [6, 6.07) is 28.1. The van der Waals surface area contributed by atoms with Crippen LogP contribution in [0.25, 0.3) is 11.6 Å². The normalized spacial score (nSPS) is 12.3. The van der Waals surface area contributed by atoms with Crippen LogP contribution in [0.2, 0.25) is 0 Å². The van der Waals surface area contributed by atoms with E-state index in [4.69, 9.17) is 58.3 Å². The zero-order chi connectivity index (χ0) is 74.9. The van der Waals surface area contributed by atoms with Crippen molar-refractivity contribution in [1.29, 1.82) is 0 Å². The van der Waals surface area contributed by atoms with E-state index < -0.39 is 65.6 Å². The molecule has 1 heterocycles. The molecular weight excluding hydrogens is 1320 g/mol. The summed E-state index contributed by atoms with van der Waals surface area (Å²) >= 11 is 0. The summed E-state index contributed by atoms with van der Waals surface area (Å²) in [5.41, 5.74) is 1.90. The number of aliphatic hydroxyl groups is 4. The average Bonchev–Trinajstić information content (AvgIpc) is 1.59. The van der Waals surface area contributed by atoms with Crippen molar-refractivity contribution in [3.05, 3.63) is 165 Å². The number of rotatable bonds is 26. The second kappa shape index (κ2) is 41.1. The van der Waals surface area contributed by atoms with Crippen molar-refractivity contribution in [2.45, 2.75) is 72.9 Å². The summed E-state index contributed by atoms with van der Waals surface area (Å²) in [5.74, 6) is -5.71. The van der Waals surface area contributed by atoms with Gasteiger partial charge in [-0.15, -0.1) is 0 Å². The SMILES string of the molecule is CCOc1cc(C(O)C(=O)O)cc(C(O)C(=O)O)c1O.CCOc1cc(C(O)C(=O)O)ccc1O.CCOc1cc(C=C2C(=O)Oc3c(OCC)cccc32)ccc1O.CCOc1cc(C=O)cc(C=O)c1O.CCOc1cccc(C(O)C(=O)O)c1O.CCOc1cccc(C=O)c1O. The maximum Gasteiger partial charge on any atom is 0.344 e. The lowest BCUT2D eigenvalue weighted by molar-refractivity contribution is -0.148. The lowest BCUT2D eigenvalue weighted by atomic mass is 10.0. The van der Waals surface area contributed by atoms with Gasteiger partial charge in [0.1, 0.15) is 6.29 Å². The number of fused-ring (bicyclic) bond motifs is 1. The first-order valence-electron chi connectivity index (χ1n) is 30.1. The van der Waals surface area contributed by atoms with Gasteiger partial charge in [-0.3, -0.25) is 14.4 Å². The van der Waals surface area contributed by atoms with Gasteiger partial charge >= 0.3 is 29.8 Å². The van der Waals surface area contributed by atoms with Gasteiger partial charge in [0, 0.05) is 22.3 Å². The molecule has 7 aromatic carbocycles. The van der Waals surface area contributed by atoms with E-state index in [0.29, 0.717) is 98.2 Å². The van der Waals surface area contributed by atoms with Crippen molar-refractivity contribution in [1.82, 2.24) is 0 Å². The fourth-order valence-corrected chi connectivity index (χ4v) is 8.37. The second-order valence-electron chi connectivity index (χ2n) is 19.7. The highest BCUT2D eigenvalue weighted by Crippen LogP contribution is 2.43. The largest absolute Gasteiger partial charge is 0.504 e. The molecule has 0 aromatic heterocycles. The molecule has 0 aliphatic carbocycles. The zero-order valence-electron chi connectivity index (χ0n) is 54.8. The van der Waals surface area contributed by atoms with Gasteiger partial charge in [-0.1, -0.05) is 42.5 Å². The minimum absolute atomic E-state index is 0.0538. The van der Waals surface area contributed by atoms with Gasteiger partial charge in [-0.2, -0.15) is 0 Å². The molecule has 1 aliphatic heterocycles. The number of carbonyl (C=O) groups is 8. The van der Waals surface area contributed by atoms with Gasteiger partial charge in [0.25, 0.3) is 0 Å². The van der Waals surface area contributed by atoms with Gasteiger partial charge in [0.05, 0.1) is 62.9 Å². The molecule has 0 saturated carbocycles. The first-order valence-corrected chi connectivity index (χ1v) is 30.1. The number of esters is 1. The number of phenolic OH excluding ortho intramolecular Hbond substituents is 6. The first-order chi connectivity index (χ1) is 47.6. The number of benzene rings is 7. The number of hydrogen-bond donors (Lipinski definition) is 14. The van der Waals surface area contributed by atoms with Crippen LogP contribution in [-0.2, 0) is 24.0 Å². The number of hydrogen-bond acceptors (Lipinski definition) is 26. The molecule has 0 amide bonds. The minimum atomic E-state index is -2.07. The van der Waals surface area contributed by atoms with E-state index >= 15 is 0 Å². The highest BCUT2D eigenvalue weighted by molar-refractivity contribution is 6.26. The van der Waals surface area contributed by atoms with E-state index in [1.807, 2.05) is 32.9 Å². The standard InChI is InChI=1S/C19H18O5.C12H14O8.2C10H12O5.C10H10O4.C9H10O3/c1-3-22-16-7-5-6-13-14(19(21)24-18(13)16)10-12-8-9-15(20)17(11-12)23-4-2;1-2-20-7-4-5(8(13)11(16)17)3-6(9(7)14)10(15)12(18)19;1-2-15-8-5-6(3-4-7(8)11)9(12)10(13)14;1-2-15-7-5-3-4-6(8(7)11)9(12)10(13)14;1-2-14-9-4-7(5-11)3-8(6-12)10(9)13;1-2-12-8-5-3-4-7(6-10)9(8)11/h5-11,20H,3-4H2,1-2H3;3-4,8,10,13-15H,2H2,1H3,(H,16,17)(H,18,19);2*3-5,9,11-12H,2H2,1H3,(H,13,14);3-6,13H,2H2,1H3;3-6,11H,2H2,1H3. The molecule has 30 nitrogen and oxygen atoms in total. The number of aliphatic carboxylic acids is 4. The number of ether oxygens (including phenoxy) is 8. The van der Waals surface area contributed by atoms with Crippen molar-refractivity contribution in [3.63, 3.8) is 0 Å². The Labute approximate surface area is 571 Å². The molecule has 0 bridgehead atoms. The maximum absolute atomic E-state index is 12.2. The Kier molecular flexibility index (Phi) is 33.7. The fourth-order valence-electron chi connectivity index (χ4n) is 8.37. The third-order valence-electron chi connectivity index (χ3n) is 12.9. The summed E-state index contributed by atoms with van der Waals surface area (Å²) in [5, 5.41) is 129. The molecule has 100 heavy (non-hydrogen) atoms. The summed E-state index contributed by atoms with van der Waals surface area (Å²) in [7, 11) is 0. The Bertz CT molecular complexity index is 3970. The number of carboxylic acids is 4. The highest BCUT2D eigenvalue weighted by atomic mass is 16.6. The summed E-state index contributed by atoms with van der Waals surface area (Å²) < 4.78 is 41.5. The molecule has 7 aromatic rings. The van der Waals surface area contributed by atoms with Crippen molar-refractivity contribution < 1.29 is 148 Å². The fraction of sp³-hybridized carbons (Fsp3) is 0.257. The molecule has 0 fully saturated rings. The number of aldehydes is 3. The van der Waals surface area contributed by atoms with Crippen LogP contribution in [0.3, 0.4) is 0 Å². The summed E-state index contributed by atoms with van der Waals surface area (Å²) in [4.78, 5) is 86.1. The van der Waals surface area contributed by atoms with Gasteiger partial charge in [-0.25, -0.2) is 24.0 Å². The Balaban J connectivity index is 0.000000317. The van der Waals surface area contributed by atoms with Crippen LogP contribution in [0.4, 0.5) is 0 Å². The Hall–Kier alpha value is -12.1. The quantitative estimate of drug-likeness (QED) is 0.0104. The molecule has 4 unspecified atom stereocenters. The van der Waals surface area contributed by atoms with Crippen LogP contribution >= 0.6 is 0 Å². The number of carbonyl (C=O) groups excluding carboxylic acids is 4. The molecule has 0 radical (unpaired) electrons. The molecular formula is C70H76O30. The Morgan fingerprint density at radius 2 is 0.790 bits per heavy atom. The number of carboxylic acid groups (broad SMARTS) is 4. The second-order valence-corrected chi connectivity index (χ2v) is 19.7. The first kappa shape index (κ1) is 82.1. The molecule has 0 spiro atoms. The van der Waals surface area contributed by atoms with E-state index in [0.717, 1.165) is 17.7 Å². The van der Waals surface area contributed by atoms with E-state index in [1.54, 1.807) is 64.1 Å². The zero-order valence-corrected chi connectivity index (χ0v) is 54.8. The van der Waals surface area contributed by atoms with E-state index in [2.05, 4.69) is 0 Å². The van der Waals surface area contributed by atoms with Crippen molar-refractivity contribution in [2.24, 2.45) is 0 Å². The van der Waals surface area contributed by atoms with Crippen LogP contribution in [-0.4, -0.2) is 166 Å². The van der Waals surface area contributed by atoms with Crippen LogP contribution in [0.1, 0.15) is 137 Å². The number of para-hydroxylation sites is 3. The van der Waals surface area contributed by atoms with Gasteiger partial charge in [-0.05, 0) is 144 Å². The topological polar surface area (TPSA) is 494 Å². The molecule has 4 atom stereocenters. The maximum atomic E-state index is 12.2. The monoisotopic (exact) mass is 1400 g/mol. The van der Waals surface area contributed by atoms with Crippen LogP contribution < -0.4 is 37.9 Å². The molecule has 14 N–H and O–H groups in total. The average molecular weight is 1400 g/mol. The van der Waals surface area contributed by atoms with Gasteiger partial charge in [0.2, 0.25) is 0 Å². The molecule has 1 aliphatic rings. The predicted octanol–water partition coefficient (Wildman–Crippen LogP) is 8.51. The van der Waals surface area contributed by atoms with Gasteiger partial charge < -0.3 is 109 Å². The number of phenols is 6. The van der Waals surface area contributed by atoms with Gasteiger partial charge in [0.15, 0.2) is 117 Å². The lowest BCUT2D eigenvalue weighted by Gasteiger charge is -2.16. The summed E-state index contributed by atoms with van der Waals surface area (Å²) in [6.07, 6.45) is -3.98. The van der Waals surface area contributed by atoms with Crippen molar-refractivity contribution in [3.8, 4) is 80.5 Å². The third-order valence-corrected chi connectivity index (χ3v) is 12.9. The van der Waals surface area contributed by atoms with Crippen LogP contribution in [0, 0.1) is 0 Å². The Morgan fingerprint density at radius 1 is 0.390 bits per heavy atom. The van der Waals surface area contributed by atoms with E-state index in [9.17, 15) is 89.4 Å².